The third-order valence-electron chi connectivity index (χ3n) is 5.01. The minimum Gasteiger partial charge on any atom is -0.315 e. The summed E-state index contributed by atoms with van der Waals surface area (Å²) in [5, 5.41) is 3.57. The third-order valence-corrected chi connectivity index (χ3v) is 5.01. The standard InChI is InChI=1S/C15H30N2/c1-12-7-5-6-10-17(12)14-11-15(2,3)9-8-13(14)16-4/h12-14,16H,5-11H2,1-4H3. The van der Waals surface area contributed by atoms with Crippen LogP contribution >= 0.6 is 0 Å². The quantitative estimate of drug-likeness (QED) is 0.795. The van der Waals surface area contributed by atoms with Gasteiger partial charge in [-0.1, -0.05) is 20.3 Å². The van der Waals surface area contributed by atoms with Gasteiger partial charge in [0.05, 0.1) is 0 Å². The molecular weight excluding hydrogens is 208 g/mol. The molecule has 1 saturated heterocycles. The van der Waals surface area contributed by atoms with Crippen LogP contribution < -0.4 is 5.32 Å². The van der Waals surface area contributed by atoms with Crippen molar-refractivity contribution < 1.29 is 0 Å². The molecule has 100 valence electrons. The van der Waals surface area contributed by atoms with Crippen LogP contribution in [-0.4, -0.2) is 36.6 Å². The lowest BCUT2D eigenvalue weighted by Gasteiger charge is -2.49. The number of piperidine rings is 1. The van der Waals surface area contributed by atoms with E-state index in [0.29, 0.717) is 11.5 Å². The highest BCUT2D eigenvalue weighted by molar-refractivity contribution is 4.96. The molecule has 1 heterocycles. The fourth-order valence-corrected chi connectivity index (χ4v) is 3.85. The lowest BCUT2D eigenvalue weighted by Crippen LogP contribution is -2.57. The van der Waals surface area contributed by atoms with Crippen LogP contribution in [0.1, 0.15) is 59.3 Å². The highest BCUT2D eigenvalue weighted by Gasteiger charge is 2.39. The maximum absolute atomic E-state index is 3.57. The molecule has 3 atom stereocenters. The van der Waals surface area contributed by atoms with E-state index in [9.17, 15) is 0 Å². The Morgan fingerprint density at radius 2 is 1.94 bits per heavy atom. The van der Waals surface area contributed by atoms with E-state index in [4.69, 9.17) is 0 Å². The molecule has 2 nitrogen and oxygen atoms in total. The fourth-order valence-electron chi connectivity index (χ4n) is 3.85. The summed E-state index contributed by atoms with van der Waals surface area (Å²) in [5.74, 6) is 0. The van der Waals surface area contributed by atoms with Crippen molar-refractivity contribution in [3.8, 4) is 0 Å². The van der Waals surface area contributed by atoms with Gasteiger partial charge in [0.2, 0.25) is 0 Å². The SMILES string of the molecule is CNC1CCC(C)(C)CC1N1CCCCC1C. The number of hydrogen-bond donors (Lipinski definition) is 1. The molecule has 2 aliphatic rings. The van der Waals surface area contributed by atoms with Gasteiger partial charge >= 0.3 is 0 Å². The molecule has 0 amide bonds. The summed E-state index contributed by atoms with van der Waals surface area (Å²) in [6.45, 7) is 8.63. The van der Waals surface area contributed by atoms with Gasteiger partial charge in [-0.3, -0.25) is 4.90 Å². The van der Waals surface area contributed by atoms with E-state index in [0.717, 1.165) is 12.1 Å². The maximum Gasteiger partial charge on any atom is 0.0257 e. The zero-order valence-electron chi connectivity index (χ0n) is 12.1. The molecule has 2 fully saturated rings. The number of hydrogen-bond acceptors (Lipinski definition) is 2. The van der Waals surface area contributed by atoms with Crippen molar-refractivity contribution in [2.45, 2.75) is 77.4 Å². The Balaban J connectivity index is 2.08. The van der Waals surface area contributed by atoms with E-state index in [1.54, 1.807) is 0 Å². The van der Waals surface area contributed by atoms with E-state index >= 15 is 0 Å². The second kappa shape index (κ2) is 5.27. The van der Waals surface area contributed by atoms with Crippen molar-refractivity contribution in [3.05, 3.63) is 0 Å². The first-order valence-electron chi connectivity index (χ1n) is 7.46. The normalized spacial score (nSPS) is 39.2. The predicted octanol–water partition coefficient (Wildman–Crippen LogP) is 3.03. The van der Waals surface area contributed by atoms with Crippen LogP contribution in [0.2, 0.25) is 0 Å². The van der Waals surface area contributed by atoms with E-state index in [2.05, 4.69) is 38.0 Å². The summed E-state index contributed by atoms with van der Waals surface area (Å²) in [6.07, 6.45) is 8.31. The van der Waals surface area contributed by atoms with E-state index in [1.165, 1.54) is 45.1 Å². The molecule has 0 radical (unpaired) electrons. The summed E-state index contributed by atoms with van der Waals surface area (Å²) >= 11 is 0. The van der Waals surface area contributed by atoms with Crippen LogP contribution in [-0.2, 0) is 0 Å². The lowest BCUT2D eigenvalue weighted by molar-refractivity contribution is 0.0252. The van der Waals surface area contributed by atoms with Gasteiger partial charge in [0, 0.05) is 18.1 Å². The first kappa shape index (κ1) is 13.4. The molecule has 0 bridgehead atoms. The Bertz CT molecular complexity index is 249. The summed E-state index contributed by atoms with van der Waals surface area (Å²) < 4.78 is 0. The number of likely N-dealkylation sites (tertiary alicyclic amines) is 1. The smallest absolute Gasteiger partial charge is 0.0257 e. The number of likely N-dealkylation sites (N-methyl/N-ethyl adjacent to an activating group) is 1. The van der Waals surface area contributed by atoms with Gasteiger partial charge in [0.15, 0.2) is 0 Å². The lowest BCUT2D eigenvalue weighted by atomic mass is 9.72. The van der Waals surface area contributed by atoms with Crippen LogP contribution in [0.15, 0.2) is 0 Å². The van der Waals surface area contributed by atoms with E-state index in [1.807, 2.05) is 0 Å². The zero-order valence-corrected chi connectivity index (χ0v) is 12.1. The largest absolute Gasteiger partial charge is 0.315 e. The third kappa shape index (κ3) is 3.03. The van der Waals surface area contributed by atoms with Crippen molar-refractivity contribution in [1.82, 2.24) is 10.2 Å². The van der Waals surface area contributed by atoms with Gasteiger partial charge in [0.1, 0.15) is 0 Å². The molecule has 17 heavy (non-hydrogen) atoms. The molecule has 0 aromatic carbocycles. The first-order chi connectivity index (χ1) is 8.03. The van der Waals surface area contributed by atoms with Crippen LogP contribution in [0.4, 0.5) is 0 Å². The van der Waals surface area contributed by atoms with Crippen molar-refractivity contribution in [1.29, 1.82) is 0 Å². The molecule has 2 rings (SSSR count). The number of nitrogens with zero attached hydrogens (tertiary/aromatic N) is 1. The second-order valence-corrected chi connectivity index (χ2v) is 6.95. The molecular formula is C15H30N2. The summed E-state index contributed by atoms with van der Waals surface area (Å²) in [4.78, 5) is 2.80. The van der Waals surface area contributed by atoms with Gasteiger partial charge in [-0.15, -0.1) is 0 Å². The Labute approximate surface area is 107 Å². The van der Waals surface area contributed by atoms with Crippen LogP contribution in [0.25, 0.3) is 0 Å². The van der Waals surface area contributed by atoms with Crippen LogP contribution in [0.5, 0.6) is 0 Å². The Kier molecular flexibility index (Phi) is 4.14. The molecule has 0 spiro atoms. The van der Waals surface area contributed by atoms with Crippen LogP contribution in [0.3, 0.4) is 0 Å². The van der Waals surface area contributed by atoms with Crippen molar-refractivity contribution in [2.75, 3.05) is 13.6 Å². The van der Waals surface area contributed by atoms with Gasteiger partial charge < -0.3 is 5.32 Å². The average molecular weight is 238 g/mol. The molecule has 3 unspecified atom stereocenters. The first-order valence-corrected chi connectivity index (χ1v) is 7.46. The van der Waals surface area contributed by atoms with Crippen molar-refractivity contribution in [3.63, 3.8) is 0 Å². The molecule has 1 aliphatic carbocycles. The minimum atomic E-state index is 0.537. The summed E-state index contributed by atoms with van der Waals surface area (Å²) in [7, 11) is 2.14. The highest BCUT2D eigenvalue weighted by atomic mass is 15.2. The maximum atomic E-state index is 3.57. The monoisotopic (exact) mass is 238 g/mol. The molecule has 1 aliphatic heterocycles. The topological polar surface area (TPSA) is 15.3 Å². The summed E-state index contributed by atoms with van der Waals surface area (Å²) in [6, 6.07) is 2.26. The van der Waals surface area contributed by atoms with E-state index < -0.39 is 0 Å². The minimum absolute atomic E-state index is 0.537. The molecule has 1 N–H and O–H groups in total. The molecule has 2 heteroatoms. The molecule has 0 aromatic rings. The fraction of sp³-hybridized carbons (Fsp3) is 1.00. The van der Waals surface area contributed by atoms with Gasteiger partial charge in [0.25, 0.3) is 0 Å². The van der Waals surface area contributed by atoms with Crippen molar-refractivity contribution in [2.24, 2.45) is 5.41 Å². The average Bonchev–Trinajstić information content (AvgIpc) is 2.28. The van der Waals surface area contributed by atoms with E-state index in [-0.39, 0.29) is 0 Å². The zero-order chi connectivity index (χ0) is 12.5. The molecule has 1 saturated carbocycles. The van der Waals surface area contributed by atoms with Gasteiger partial charge in [-0.05, 0) is 58.0 Å². The second-order valence-electron chi connectivity index (χ2n) is 6.95. The van der Waals surface area contributed by atoms with Crippen molar-refractivity contribution >= 4 is 0 Å². The van der Waals surface area contributed by atoms with Gasteiger partial charge in [-0.2, -0.15) is 0 Å². The number of nitrogens with one attached hydrogen (secondary N) is 1. The Morgan fingerprint density at radius 1 is 1.18 bits per heavy atom. The van der Waals surface area contributed by atoms with Crippen LogP contribution in [0, 0.1) is 5.41 Å². The van der Waals surface area contributed by atoms with Gasteiger partial charge in [-0.25, -0.2) is 0 Å². The summed E-state index contributed by atoms with van der Waals surface area (Å²) in [5.41, 5.74) is 0.537. The Hall–Kier alpha value is -0.0800. The Morgan fingerprint density at radius 3 is 2.59 bits per heavy atom. The predicted molar refractivity (Wildman–Crippen MR) is 74.3 cm³/mol. The highest BCUT2D eigenvalue weighted by Crippen LogP contribution is 2.39. The number of rotatable bonds is 2. The molecule has 0 aromatic heterocycles.